The first-order valence-electron chi connectivity index (χ1n) is 6.31. The number of carboxylic acids is 1. The predicted octanol–water partition coefficient (Wildman–Crippen LogP) is 0.918. The van der Waals surface area contributed by atoms with Crippen molar-refractivity contribution < 1.29 is 19.4 Å². The number of methoxy groups -OCH3 is 1. The molecule has 6 nitrogen and oxygen atoms in total. The van der Waals surface area contributed by atoms with Crippen LogP contribution in [0.15, 0.2) is 0 Å². The Kier molecular flexibility index (Phi) is 5.91. The second kappa shape index (κ2) is 7.20. The molecule has 104 valence electrons. The maximum absolute atomic E-state index is 11.9. The Labute approximate surface area is 107 Å². The molecule has 0 aromatic heterocycles. The molecule has 2 atom stereocenters. The van der Waals surface area contributed by atoms with Crippen LogP contribution >= 0.6 is 0 Å². The van der Waals surface area contributed by atoms with Gasteiger partial charge in [-0.05, 0) is 26.2 Å². The van der Waals surface area contributed by atoms with Crippen LogP contribution in [0.5, 0.6) is 0 Å². The lowest BCUT2D eigenvalue weighted by atomic mass is 9.99. The van der Waals surface area contributed by atoms with Gasteiger partial charge >= 0.3 is 12.0 Å². The van der Waals surface area contributed by atoms with E-state index in [0.29, 0.717) is 26.1 Å². The summed E-state index contributed by atoms with van der Waals surface area (Å²) in [5.74, 6) is -1.25. The van der Waals surface area contributed by atoms with Crippen molar-refractivity contribution in [1.82, 2.24) is 10.2 Å². The van der Waals surface area contributed by atoms with E-state index in [1.165, 1.54) is 0 Å². The van der Waals surface area contributed by atoms with Crippen molar-refractivity contribution in [2.24, 2.45) is 5.92 Å². The van der Waals surface area contributed by atoms with Gasteiger partial charge in [-0.25, -0.2) is 4.79 Å². The molecular formula is C12H22N2O4. The third-order valence-corrected chi connectivity index (χ3v) is 3.18. The number of piperidine rings is 1. The van der Waals surface area contributed by atoms with Crippen molar-refractivity contribution in [2.75, 3.05) is 26.8 Å². The maximum atomic E-state index is 11.9. The van der Waals surface area contributed by atoms with Gasteiger partial charge in [-0.3, -0.25) is 4.79 Å². The molecule has 0 saturated carbocycles. The van der Waals surface area contributed by atoms with Gasteiger partial charge < -0.3 is 20.1 Å². The highest BCUT2D eigenvalue weighted by molar-refractivity contribution is 5.76. The molecule has 0 aliphatic carbocycles. The van der Waals surface area contributed by atoms with Crippen molar-refractivity contribution in [2.45, 2.75) is 32.2 Å². The van der Waals surface area contributed by atoms with Crippen LogP contribution in [0.25, 0.3) is 0 Å². The van der Waals surface area contributed by atoms with Crippen LogP contribution in [0.1, 0.15) is 26.2 Å². The summed E-state index contributed by atoms with van der Waals surface area (Å²) in [4.78, 5) is 24.4. The van der Waals surface area contributed by atoms with E-state index in [0.717, 1.165) is 12.8 Å². The molecular weight excluding hydrogens is 236 g/mol. The van der Waals surface area contributed by atoms with E-state index in [2.05, 4.69) is 5.32 Å². The van der Waals surface area contributed by atoms with Crippen LogP contribution in [-0.2, 0) is 9.53 Å². The van der Waals surface area contributed by atoms with Gasteiger partial charge in [0.15, 0.2) is 0 Å². The van der Waals surface area contributed by atoms with Gasteiger partial charge in [0.05, 0.1) is 5.92 Å². The third kappa shape index (κ3) is 4.52. The molecule has 0 radical (unpaired) electrons. The highest BCUT2D eigenvalue weighted by Crippen LogP contribution is 2.16. The molecule has 18 heavy (non-hydrogen) atoms. The second-order valence-corrected chi connectivity index (χ2v) is 4.76. The zero-order valence-corrected chi connectivity index (χ0v) is 11.0. The number of ether oxygens (including phenoxy) is 1. The smallest absolute Gasteiger partial charge is 0.317 e. The highest BCUT2D eigenvalue weighted by Gasteiger charge is 2.28. The molecule has 2 amide bonds. The summed E-state index contributed by atoms with van der Waals surface area (Å²) in [6, 6.07) is -0.146. The summed E-state index contributed by atoms with van der Waals surface area (Å²) in [7, 11) is 1.62. The zero-order chi connectivity index (χ0) is 13.5. The minimum Gasteiger partial charge on any atom is -0.481 e. The summed E-state index contributed by atoms with van der Waals surface area (Å²) in [6.45, 7) is 3.44. The van der Waals surface area contributed by atoms with Gasteiger partial charge in [0.1, 0.15) is 0 Å². The minimum absolute atomic E-state index is 0.0302. The number of nitrogens with zero attached hydrogens (tertiary/aromatic N) is 1. The molecule has 2 unspecified atom stereocenters. The number of amides is 2. The van der Waals surface area contributed by atoms with E-state index < -0.39 is 11.9 Å². The molecule has 0 aromatic rings. The average Bonchev–Trinajstić information content (AvgIpc) is 2.36. The number of carboxylic acid groups (broad SMARTS) is 1. The Morgan fingerprint density at radius 3 is 2.89 bits per heavy atom. The Hall–Kier alpha value is -1.30. The lowest BCUT2D eigenvalue weighted by Crippen LogP contribution is -2.49. The standard InChI is InChI=1S/C12H22N2O4/c1-9(5-7-18-2)13-12(17)14-6-3-4-10(8-14)11(15)16/h9-10H,3-8H2,1-2H3,(H,13,17)(H,15,16). The van der Waals surface area contributed by atoms with Gasteiger partial charge in [0.2, 0.25) is 0 Å². The summed E-state index contributed by atoms with van der Waals surface area (Å²) >= 11 is 0. The fraction of sp³-hybridized carbons (Fsp3) is 0.833. The fourth-order valence-corrected chi connectivity index (χ4v) is 2.03. The summed E-state index contributed by atoms with van der Waals surface area (Å²) in [5.41, 5.74) is 0. The van der Waals surface area contributed by atoms with Crippen molar-refractivity contribution in [1.29, 1.82) is 0 Å². The van der Waals surface area contributed by atoms with Crippen molar-refractivity contribution in [3.05, 3.63) is 0 Å². The van der Waals surface area contributed by atoms with Crippen LogP contribution in [-0.4, -0.2) is 54.9 Å². The van der Waals surface area contributed by atoms with Crippen molar-refractivity contribution in [3.63, 3.8) is 0 Å². The van der Waals surface area contributed by atoms with Gasteiger partial charge in [-0.1, -0.05) is 0 Å². The monoisotopic (exact) mass is 258 g/mol. The number of rotatable bonds is 5. The lowest BCUT2D eigenvalue weighted by Gasteiger charge is -2.31. The van der Waals surface area contributed by atoms with Crippen LogP contribution < -0.4 is 5.32 Å². The number of carbonyl (C=O) groups is 2. The van der Waals surface area contributed by atoms with E-state index in [4.69, 9.17) is 9.84 Å². The van der Waals surface area contributed by atoms with E-state index in [-0.39, 0.29) is 12.1 Å². The fourth-order valence-electron chi connectivity index (χ4n) is 2.03. The van der Waals surface area contributed by atoms with Crippen molar-refractivity contribution >= 4 is 12.0 Å². The first-order valence-corrected chi connectivity index (χ1v) is 6.31. The lowest BCUT2D eigenvalue weighted by molar-refractivity contribution is -0.143. The zero-order valence-electron chi connectivity index (χ0n) is 11.0. The van der Waals surface area contributed by atoms with Gasteiger partial charge in [0.25, 0.3) is 0 Å². The second-order valence-electron chi connectivity index (χ2n) is 4.76. The number of hydrogen-bond donors (Lipinski definition) is 2. The highest BCUT2D eigenvalue weighted by atomic mass is 16.5. The Morgan fingerprint density at radius 1 is 1.56 bits per heavy atom. The number of aliphatic carboxylic acids is 1. The molecule has 1 saturated heterocycles. The molecule has 1 fully saturated rings. The Balaban J connectivity index is 2.38. The summed E-state index contributed by atoms with van der Waals surface area (Å²) in [6.07, 6.45) is 2.15. The van der Waals surface area contributed by atoms with E-state index in [9.17, 15) is 9.59 Å². The summed E-state index contributed by atoms with van der Waals surface area (Å²) in [5, 5.41) is 11.8. The Morgan fingerprint density at radius 2 is 2.28 bits per heavy atom. The molecule has 0 aromatic carbocycles. The molecule has 1 heterocycles. The topological polar surface area (TPSA) is 78.9 Å². The SMILES string of the molecule is COCCC(C)NC(=O)N1CCCC(C(=O)O)C1. The molecule has 1 rings (SSSR count). The number of hydrogen-bond acceptors (Lipinski definition) is 3. The molecule has 1 aliphatic heterocycles. The normalized spacial score (nSPS) is 21.4. The van der Waals surface area contributed by atoms with Crippen LogP contribution in [0.2, 0.25) is 0 Å². The van der Waals surface area contributed by atoms with Crippen LogP contribution in [0.4, 0.5) is 4.79 Å². The molecule has 0 spiro atoms. The molecule has 1 aliphatic rings. The number of likely N-dealkylation sites (tertiary alicyclic amines) is 1. The molecule has 0 bridgehead atoms. The Bertz CT molecular complexity index is 296. The van der Waals surface area contributed by atoms with Crippen molar-refractivity contribution in [3.8, 4) is 0 Å². The first kappa shape index (κ1) is 14.8. The van der Waals surface area contributed by atoms with E-state index in [1.807, 2.05) is 6.92 Å². The molecule has 6 heteroatoms. The van der Waals surface area contributed by atoms with Crippen LogP contribution in [0.3, 0.4) is 0 Å². The largest absolute Gasteiger partial charge is 0.481 e. The molecule has 2 N–H and O–H groups in total. The quantitative estimate of drug-likeness (QED) is 0.768. The van der Waals surface area contributed by atoms with Gasteiger partial charge in [0, 0.05) is 32.8 Å². The minimum atomic E-state index is -0.820. The van der Waals surface area contributed by atoms with Crippen LogP contribution in [0, 0.1) is 5.92 Å². The average molecular weight is 258 g/mol. The van der Waals surface area contributed by atoms with Gasteiger partial charge in [-0.2, -0.15) is 0 Å². The predicted molar refractivity (Wildman–Crippen MR) is 66.4 cm³/mol. The number of nitrogens with one attached hydrogen (secondary N) is 1. The number of urea groups is 1. The van der Waals surface area contributed by atoms with E-state index >= 15 is 0 Å². The van der Waals surface area contributed by atoms with E-state index in [1.54, 1.807) is 12.0 Å². The number of carbonyl (C=O) groups excluding carboxylic acids is 1. The summed E-state index contributed by atoms with van der Waals surface area (Å²) < 4.78 is 4.95. The van der Waals surface area contributed by atoms with Gasteiger partial charge in [-0.15, -0.1) is 0 Å². The first-order chi connectivity index (χ1) is 8.54. The maximum Gasteiger partial charge on any atom is 0.317 e. The third-order valence-electron chi connectivity index (χ3n) is 3.18.